The molecule has 0 N–H and O–H groups in total. The molecule has 2 aromatic rings. The molecule has 0 spiro atoms. The van der Waals surface area contributed by atoms with Gasteiger partial charge in [-0.25, -0.2) is 0 Å². The fourth-order valence-electron chi connectivity index (χ4n) is 5.18. The van der Waals surface area contributed by atoms with Gasteiger partial charge in [-0.3, -0.25) is 4.48 Å². The Kier molecular flexibility index (Phi) is 4.03. The number of allylic oxidation sites excluding steroid dienone is 1. The zero-order valence-electron chi connectivity index (χ0n) is 17.8. The molecule has 148 valence electrons. The van der Waals surface area contributed by atoms with E-state index < -0.39 is 6.97 Å². The Bertz CT molecular complexity index is 1020. The Labute approximate surface area is 166 Å². The van der Waals surface area contributed by atoms with E-state index >= 15 is 8.63 Å². The molecule has 4 rings (SSSR count). The number of nitrogens with zero attached hydrogens (tertiary/aromatic N) is 3. The monoisotopic (exact) mass is 384 g/mol. The van der Waals surface area contributed by atoms with E-state index in [4.69, 9.17) is 0 Å². The van der Waals surface area contributed by atoms with E-state index in [9.17, 15) is 0 Å². The lowest BCUT2D eigenvalue weighted by Crippen LogP contribution is -2.59. The first-order valence-electron chi connectivity index (χ1n) is 9.87. The number of quaternary nitrogens is 1. The molecule has 2 atom stereocenters. The molecule has 0 fully saturated rings. The molecule has 2 unspecified atom stereocenters. The third-order valence-electron chi connectivity index (χ3n) is 6.36. The molecule has 0 bridgehead atoms. The molecule has 28 heavy (non-hydrogen) atoms. The van der Waals surface area contributed by atoms with Crippen LogP contribution in [0.25, 0.3) is 0 Å². The second kappa shape index (κ2) is 5.90. The van der Waals surface area contributed by atoms with Crippen molar-refractivity contribution < 1.29 is 13.1 Å². The lowest BCUT2D eigenvalue weighted by atomic mass is 9.75. The zero-order valence-corrected chi connectivity index (χ0v) is 17.8. The van der Waals surface area contributed by atoms with E-state index in [0.29, 0.717) is 11.4 Å². The van der Waals surface area contributed by atoms with Crippen LogP contribution in [0.4, 0.5) is 14.3 Å². The van der Waals surface area contributed by atoms with Crippen molar-refractivity contribution in [2.45, 2.75) is 39.7 Å². The molecule has 3 heterocycles. The minimum atomic E-state index is -3.86. The second-order valence-electron chi connectivity index (χ2n) is 9.28. The van der Waals surface area contributed by atoms with Crippen molar-refractivity contribution in [3.8, 4) is 0 Å². The molecule has 0 aliphatic carbocycles. The molecule has 0 radical (unpaired) electrons. The standard InChI is InChI=1S/C22H29BF2N3/c1-14-12-16(3)26-21(14)20(18-8-10-19(11-9-18)28(5,6)7)22-15(2)13-17(4)27(22)23(26,24)25/h8-13,20-21H,1-7H3/q+1. The lowest BCUT2D eigenvalue weighted by Gasteiger charge is -2.41. The first-order chi connectivity index (χ1) is 12.9. The molecule has 2 aliphatic rings. The minimum absolute atomic E-state index is 0.120. The number of aryl methyl sites for hydroxylation is 2. The summed E-state index contributed by atoms with van der Waals surface area (Å²) in [6.45, 7) is 3.66. The summed E-state index contributed by atoms with van der Waals surface area (Å²) in [5, 5.41) is 0. The van der Waals surface area contributed by atoms with Crippen LogP contribution in [0.5, 0.6) is 0 Å². The summed E-state index contributed by atoms with van der Waals surface area (Å²) in [6.07, 6.45) is 1.92. The number of rotatable bonds is 2. The maximum atomic E-state index is 15.7. The molecule has 1 aromatic heterocycles. The normalized spacial score (nSPS) is 23.5. The largest absolute Gasteiger partial charge is 0.732 e. The van der Waals surface area contributed by atoms with Gasteiger partial charge in [-0.2, -0.15) is 0 Å². The average molecular weight is 384 g/mol. The van der Waals surface area contributed by atoms with Gasteiger partial charge >= 0.3 is 6.97 Å². The van der Waals surface area contributed by atoms with E-state index in [2.05, 4.69) is 45.4 Å². The highest BCUT2D eigenvalue weighted by molar-refractivity contribution is 6.57. The van der Waals surface area contributed by atoms with Crippen LogP contribution in [-0.4, -0.2) is 48.8 Å². The molecule has 0 saturated carbocycles. The van der Waals surface area contributed by atoms with Gasteiger partial charge in [0.05, 0.1) is 27.1 Å². The summed E-state index contributed by atoms with van der Waals surface area (Å²) in [6, 6.07) is 10.0. The topological polar surface area (TPSA) is 7.94 Å². The maximum Gasteiger partial charge on any atom is 0.732 e. The second-order valence-corrected chi connectivity index (χ2v) is 9.28. The highest BCUT2D eigenvalue weighted by Crippen LogP contribution is 2.45. The van der Waals surface area contributed by atoms with Crippen LogP contribution in [-0.2, 0) is 0 Å². The number of hydrogen-bond donors (Lipinski definition) is 0. The minimum Gasteiger partial charge on any atom is -0.397 e. The maximum absolute atomic E-state index is 15.7. The van der Waals surface area contributed by atoms with Crippen molar-refractivity contribution in [3.05, 3.63) is 64.5 Å². The van der Waals surface area contributed by atoms with Crippen molar-refractivity contribution in [2.75, 3.05) is 21.1 Å². The van der Waals surface area contributed by atoms with Crippen LogP contribution in [0.1, 0.15) is 42.3 Å². The van der Waals surface area contributed by atoms with Gasteiger partial charge in [0.25, 0.3) is 0 Å². The third kappa shape index (κ3) is 2.54. The van der Waals surface area contributed by atoms with Gasteiger partial charge in [-0.1, -0.05) is 12.1 Å². The molecular weight excluding hydrogens is 355 g/mol. The third-order valence-corrected chi connectivity index (χ3v) is 6.36. The predicted molar refractivity (Wildman–Crippen MR) is 114 cm³/mol. The number of aromatic nitrogens is 1. The predicted octanol–water partition coefficient (Wildman–Crippen LogP) is 4.47. The molecule has 2 aliphatic heterocycles. The summed E-state index contributed by atoms with van der Waals surface area (Å²) in [5.74, 6) is -0.120. The number of halogens is 2. The van der Waals surface area contributed by atoms with Crippen LogP contribution in [0, 0.1) is 13.8 Å². The van der Waals surface area contributed by atoms with Crippen molar-refractivity contribution >= 4 is 18.4 Å². The lowest BCUT2D eigenvalue weighted by molar-refractivity contribution is -0.463. The van der Waals surface area contributed by atoms with Crippen molar-refractivity contribution in [1.29, 1.82) is 0 Å². The molecule has 3 nitrogen and oxygen atoms in total. The van der Waals surface area contributed by atoms with Gasteiger partial charge in [-0.15, -0.1) is 0 Å². The SMILES string of the molecule is CC1=CC(C)=[N+]2C1C(c1ccc([N+](C)(C)C)cc1)c1c(C)cc(C)n1[B-]2(F)F. The molecule has 0 saturated heterocycles. The van der Waals surface area contributed by atoms with E-state index in [1.165, 1.54) is 14.7 Å². The highest BCUT2D eigenvalue weighted by atomic mass is 19.2. The zero-order chi connectivity index (χ0) is 20.6. The van der Waals surface area contributed by atoms with E-state index in [-0.39, 0.29) is 12.0 Å². The summed E-state index contributed by atoms with van der Waals surface area (Å²) in [4.78, 5) is 0. The first-order valence-corrected chi connectivity index (χ1v) is 9.87. The average Bonchev–Trinajstić information content (AvgIpc) is 3.05. The van der Waals surface area contributed by atoms with Crippen LogP contribution in [0.2, 0.25) is 0 Å². The van der Waals surface area contributed by atoms with Crippen LogP contribution < -0.4 is 4.48 Å². The van der Waals surface area contributed by atoms with Crippen LogP contribution in [0.3, 0.4) is 0 Å². The van der Waals surface area contributed by atoms with Gasteiger partial charge in [-0.05, 0) is 61.4 Å². The summed E-state index contributed by atoms with van der Waals surface area (Å²) < 4.78 is 34.7. The van der Waals surface area contributed by atoms with Crippen molar-refractivity contribution in [1.82, 2.24) is 8.96 Å². The highest BCUT2D eigenvalue weighted by Gasteiger charge is 2.58. The first kappa shape index (κ1) is 19.1. The smallest absolute Gasteiger partial charge is 0.397 e. The van der Waals surface area contributed by atoms with Crippen molar-refractivity contribution in [3.63, 3.8) is 0 Å². The number of hydrogen-bond acceptors (Lipinski definition) is 0. The Morgan fingerprint density at radius 2 is 1.61 bits per heavy atom. The van der Waals surface area contributed by atoms with Gasteiger partial charge in [0, 0.05) is 18.7 Å². The molecule has 6 heteroatoms. The van der Waals surface area contributed by atoms with Gasteiger partial charge in [0.2, 0.25) is 0 Å². The quantitative estimate of drug-likeness (QED) is 0.533. The Morgan fingerprint density at radius 1 is 1.00 bits per heavy atom. The number of fused-ring (bicyclic) bond motifs is 2. The molecular formula is C22H29BF2N3+. The fourth-order valence-corrected chi connectivity index (χ4v) is 5.18. The van der Waals surface area contributed by atoms with Gasteiger partial charge in [0.1, 0.15) is 17.4 Å². The summed E-state index contributed by atoms with van der Waals surface area (Å²) >= 11 is 0. The Balaban J connectivity index is 1.97. The number of benzene rings is 1. The molecule has 1 aromatic carbocycles. The van der Waals surface area contributed by atoms with E-state index in [1.807, 2.05) is 26.0 Å². The Morgan fingerprint density at radius 3 is 2.18 bits per heavy atom. The van der Waals surface area contributed by atoms with Crippen LogP contribution in [0.15, 0.2) is 42.0 Å². The van der Waals surface area contributed by atoms with Crippen molar-refractivity contribution in [2.24, 2.45) is 0 Å². The summed E-state index contributed by atoms with van der Waals surface area (Å²) in [5.41, 5.74) is 6.25. The van der Waals surface area contributed by atoms with E-state index in [0.717, 1.165) is 26.9 Å². The van der Waals surface area contributed by atoms with Crippen LogP contribution >= 0.6 is 0 Å². The fraction of sp³-hybridized carbons (Fsp3) is 0.409. The van der Waals surface area contributed by atoms with Gasteiger partial charge < -0.3 is 17.6 Å². The summed E-state index contributed by atoms with van der Waals surface area (Å²) in [7, 11) is 6.38. The Hall–Kier alpha value is -2.21. The molecule has 0 amide bonds. The van der Waals surface area contributed by atoms with Gasteiger partial charge in [0.15, 0.2) is 0 Å². The van der Waals surface area contributed by atoms with E-state index in [1.54, 1.807) is 13.8 Å².